The molecule has 2 N–H and O–H groups in total. The molecule has 0 radical (unpaired) electrons. The van der Waals surface area contributed by atoms with Gasteiger partial charge in [0.05, 0.1) is 0 Å². The molecular weight excluding hydrogens is 235 g/mol. The summed E-state index contributed by atoms with van der Waals surface area (Å²) in [5.74, 6) is 0. The second kappa shape index (κ2) is 10.3. The van der Waals surface area contributed by atoms with E-state index in [-0.39, 0.29) is 29.6 Å². The Morgan fingerprint density at radius 1 is 1.40 bits per heavy atom. The first-order valence-corrected chi connectivity index (χ1v) is 4.69. The first-order chi connectivity index (χ1) is 3.91. The van der Waals surface area contributed by atoms with Gasteiger partial charge in [0.1, 0.15) is 0 Å². The molecule has 10 heavy (non-hydrogen) atoms. The first kappa shape index (κ1) is 17.4. The van der Waals surface area contributed by atoms with Crippen molar-refractivity contribution in [2.75, 3.05) is 5.33 Å². The Balaban J connectivity index is -0.0000000910. The fraction of sp³-hybridized carbons (Fsp3) is 1.00. The molecular formula is C3H10BrNaO4S. The van der Waals surface area contributed by atoms with Gasteiger partial charge in [0, 0.05) is 5.33 Å². The van der Waals surface area contributed by atoms with Crippen LogP contribution in [0.5, 0.6) is 0 Å². The molecule has 0 aromatic heterocycles. The summed E-state index contributed by atoms with van der Waals surface area (Å²) in [7, 11) is -4.67. The normalized spacial score (nSPS) is 8.80. The van der Waals surface area contributed by atoms with Gasteiger partial charge in [0.15, 0.2) is 0 Å². The van der Waals surface area contributed by atoms with Gasteiger partial charge < -0.3 is 0 Å². The molecule has 7 heteroatoms. The third-order valence-corrected chi connectivity index (χ3v) is 0.982. The van der Waals surface area contributed by atoms with E-state index in [9.17, 15) is 0 Å². The summed E-state index contributed by atoms with van der Waals surface area (Å²) in [6, 6.07) is 0. The summed E-state index contributed by atoms with van der Waals surface area (Å²) in [5.41, 5.74) is 0. The number of hydrogen-bond donors (Lipinski definition) is 2. The standard InChI is InChI=1S/C3H7Br.Na.H2O4S.H/c1-2-3-4;;1-5(2,3)4;/h2-3H2,1H3;;(H2,1,2,3,4);. The van der Waals surface area contributed by atoms with Crippen molar-refractivity contribution in [1.82, 2.24) is 0 Å². The van der Waals surface area contributed by atoms with Crippen LogP contribution in [0.25, 0.3) is 0 Å². The summed E-state index contributed by atoms with van der Waals surface area (Å²) in [6.07, 6.45) is 1.24. The second-order valence-corrected chi connectivity index (χ2v) is 2.83. The molecule has 0 rings (SSSR count). The van der Waals surface area contributed by atoms with Gasteiger partial charge >= 0.3 is 40.0 Å². The van der Waals surface area contributed by atoms with Crippen LogP contribution < -0.4 is 0 Å². The van der Waals surface area contributed by atoms with Crippen LogP contribution in [-0.2, 0) is 10.4 Å². The molecule has 0 amide bonds. The second-order valence-electron chi connectivity index (χ2n) is 1.14. The predicted octanol–water partition coefficient (Wildman–Crippen LogP) is 0.490. The first-order valence-electron chi connectivity index (χ1n) is 2.17. The summed E-state index contributed by atoms with van der Waals surface area (Å²) in [4.78, 5) is 0. The van der Waals surface area contributed by atoms with E-state index in [0.717, 1.165) is 5.33 Å². The Morgan fingerprint density at radius 2 is 1.50 bits per heavy atom. The van der Waals surface area contributed by atoms with E-state index in [4.69, 9.17) is 17.5 Å². The van der Waals surface area contributed by atoms with E-state index in [1.54, 1.807) is 0 Å². The molecule has 0 aromatic carbocycles. The zero-order valence-corrected chi connectivity index (χ0v) is 7.31. The number of halogens is 1. The molecule has 0 spiro atoms. The Labute approximate surface area is 91.4 Å². The molecule has 0 aliphatic rings. The quantitative estimate of drug-likeness (QED) is 0.400. The van der Waals surface area contributed by atoms with Crippen molar-refractivity contribution in [3.8, 4) is 0 Å². The van der Waals surface area contributed by atoms with Gasteiger partial charge in [-0.25, -0.2) is 0 Å². The van der Waals surface area contributed by atoms with Crippen LogP contribution in [0.4, 0.5) is 0 Å². The van der Waals surface area contributed by atoms with Crippen molar-refractivity contribution in [1.29, 1.82) is 0 Å². The Morgan fingerprint density at radius 3 is 1.50 bits per heavy atom. The molecule has 0 aliphatic carbocycles. The maximum atomic E-state index is 8.74. The number of hydrogen-bond acceptors (Lipinski definition) is 2. The molecule has 0 unspecified atom stereocenters. The Bertz CT molecular complexity index is 123. The predicted molar refractivity (Wildman–Crippen MR) is 45.4 cm³/mol. The summed E-state index contributed by atoms with van der Waals surface area (Å²) in [5, 5.41) is 1.13. The Hall–Kier alpha value is 1.35. The molecule has 0 saturated carbocycles. The van der Waals surface area contributed by atoms with E-state index in [0.29, 0.717) is 0 Å². The zero-order chi connectivity index (χ0) is 7.91. The van der Waals surface area contributed by atoms with Crippen LogP contribution in [0.15, 0.2) is 0 Å². The summed E-state index contributed by atoms with van der Waals surface area (Å²) >= 11 is 3.25. The van der Waals surface area contributed by atoms with Crippen molar-refractivity contribution >= 4 is 55.9 Å². The zero-order valence-electron chi connectivity index (χ0n) is 4.91. The van der Waals surface area contributed by atoms with Gasteiger partial charge in [-0.05, 0) is 6.42 Å². The average Bonchev–Trinajstić information content (AvgIpc) is 1.61. The van der Waals surface area contributed by atoms with E-state index in [2.05, 4.69) is 22.9 Å². The van der Waals surface area contributed by atoms with E-state index < -0.39 is 10.4 Å². The van der Waals surface area contributed by atoms with Crippen molar-refractivity contribution in [2.45, 2.75) is 13.3 Å². The van der Waals surface area contributed by atoms with E-state index in [1.165, 1.54) is 6.42 Å². The van der Waals surface area contributed by atoms with Crippen molar-refractivity contribution < 1.29 is 17.5 Å². The number of alkyl halides is 1. The summed E-state index contributed by atoms with van der Waals surface area (Å²) < 4.78 is 31.6. The molecule has 0 aliphatic heterocycles. The van der Waals surface area contributed by atoms with Crippen LogP contribution >= 0.6 is 15.9 Å². The molecule has 0 heterocycles. The van der Waals surface area contributed by atoms with Gasteiger partial charge in [0.25, 0.3) is 0 Å². The Kier molecular flexibility index (Phi) is 18.0. The monoisotopic (exact) mass is 244 g/mol. The van der Waals surface area contributed by atoms with Crippen molar-refractivity contribution in [2.24, 2.45) is 0 Å². The van der Waals surface area contributed by atoms with Gasteiger partial charge in [-0.3, -0.25) is 9.11 Å². The van der Waals surface area contributed by atoms with Crippen LogP contribution in [-0.4, -0.2) is 52.4 Å². The van der Waals surface area contributed by atoms with Gasteiger partial charge in [-0.2, -0.15) is 8.42 Å². The molecule has 0 bridgehead atoms. The topological polar surface area (TPSA) is 74.6 Å². The number of rotatable bonds is 1. The van der Waals surface area contributed by atoms with Gasteiger partial charge in [-0.1, -0.05) is 22.9 Å². The fourth-order valence-corrected chi connectivity index (χ4v) is 0. The van der Waals surface area contributed by atoms with E-state index >= 15 is 0 Å². The SMILES string of the molecule is CCCBr.O=S(=O)(O)O.[NaH]. The van der Waals surface area contributed by atoms with Crippen molar-refractivity contribution in [3.05, 3.63) is 0 Å². The van der Waals surface area contributed by atoms with Crippen molar-refractivity contribution in [3.63, 3.8) is 0 Å². The molecule has 0 atom stereocenters. The van der Waals surface area contributed by atoms with Crippen LogP contribution in [0, 0.1) is 0 Å². The fourth-order valence-electron chi connectivity index (χ4n) is 0. The van der Waals surface area contributed by atoms with Crippen LogP contribution in [0.1, 0.15) is 13.3 Å². The van der Waals surface area contributed by atoms with Crippen LogP contribution in [0.2, 0.25) is 0 Å². The minimum atomic E-state index is -4.67. The molecule has 4 nitrogen and oxygen atoms in total. The molecule has 0 saturated heterocycles. The van der Waals surface area contributed by atoms with Gasteiger partial charge in [0.2, 0.25) is 0 Å². The maximum absolute atomic E-state index is 8.74. The molecule has 60 valence electrons. The minimum absolute atomic E-state index is 0. The molecule has 0 aromatic rings. The van der Waals surface area contributed by atoms with Gasteiger partial charge in [-0.15, -0.1) is 0 Å². The average molecular weight is 245 g/mol. The van der Waals surface area contributed by atoms with E-state index in [1.807, 2.05) is 0 Å². The third kappa shape index (κ3) is 118. The summed E-state index contributed by atoms with van der Waals surface area (Å²) in [6.45, 7) is 2.13. The third-order valence-electron chi connectivity index (χ3n) is 0.189. The molecule has 0 fully saturated rings. The van der Waals surface area contributed by atoms with Crippen LogP contribution in [0.3, 0.4) is 0 Å².